The maximum absolute atomic E-state index is 13.2. The molecule has 150 valence electrons. The highest BCUT2D eigenvalue weighted by atomic mass is 32.2. The van der Waals surface area contributed by atoms with E-state index in [-0.39, 0.29) is 17.2 Å². The fourth-order valence-corrected chi connectivity index (χ4v) is 4.49. The lowest BCUT2D eigenvalue weighted by Crippen LogP contribution is -2.41. The van der Waals surface area contributed by atoms with Crippen molar-refractivity contribution in [3.8, 4) is 0 Å². The number of carbonyl (C=O) groups is 1. The molecule has 1 aliphatic heterocycles. The molecule has 0 fully saturated rings. The Morgan fingerprint density at radius 3 is 2.45 bits per heavy atom. The van der Waals surface area contributed by atoms with Crippen molar-refractivity contribution in [2.24, 2.45) is 0 Å². The molecule has 4 rings (SSSR count). The molecule has 1 amide bonds. The highest BCUT2D eigenvalue weighted by Crippen LogP contribution is 2.37. The molecule has 0 unspecified atom stereocenters. The quantitative estimate of drug-likeness (QED) is 0.666. The van der Waals surface area contributed by atoms with Gasteiger partial charge in [0.15, 0.2) is 5.82 Å². The van der Waals surface area contributed by atoms with Crippen LogP contribution >= 0.6 is 11.8 Å². The van der Waals surface area contributed by atoms with Crippen molar-refractivity contribution in [2.75, 3.05) is 10.7 Å². The summed E-state index contributed by atoms with van der Waals surface area (Å²) in [5.41, 5.74) is 7.77. The molecule has 0 saturated heterocycles. The second-order valence-electron chi connectivity index (χ2n) is 7.18. The Bertz CT molecular complexity index is 997. The van der Waals surface area contributed by atoms with Gasteiger partial charge in [-0.2, -0.15) is 0 Å². The Morgan fingerprint density at radius 2 is 1.79 bits per heavy atom. The molecule has 2 atom stereocenters. The van der Waals surface area contributed by atoms with Crippen molar-refractivity contribution in [2.45, 2.75) is 50.1 Å². The van der Waals surface area contributed by atoms with Gasteiger partial charge in [0.1, 0.15) is 5.25 Å². The van der Waals surface area contributed by atoms with Gasteiger partial charge in [-0.25, -0.2) is 4.68 Å². The number of hydrogen-bond donors (Lipinski definition) is 2. The van der Waals surface area contributed by atoms with Crippen LogP contribution in [0, 0.1) is 6.92 Å². The molecule has 1 aromatic heterocycles. The van der Waals surface area contributed by atoms with E-state index >= 15 is 0 Å². The number of carbonyl (C=O) groups excluding carboxylic acids is 1. The Balaban J connectivity index is 1.63. The number of aromatic nitrogens is 3. The largest absolute Gasteiger partial charge is 0.325 e. The van der Waals surface area contributed by atoms with Gasteiger partial charge in [0.05, 0.1) is 6.04 Å². The second-order valence-corrected chi connectivity index (χ2v) is 8.29. The van der Waals surface area contributed by atoms with Crippen molar-refractivity contribution in [1.82, 2.24) is 14.9 Å². The van der Waals surface area contributed by atoms with Crippen molar-refractivity contribution in [3.05, 3.63) is 71.0 Å². The summed E-state index contributed by atoms with van der Waals surface area (Å²) in [7, 11) is 0. The highest BCUT2D eigenvalue weighted by molar-refractivity contribution is 8.00. The van der Waals surface area contributed by atoms with Crippen LogP contribution < -0.4 is 10.7 Å². The number of amides is 1. The first-order valence-corrected chi connectivity index (χ1v) is 10.8. The lowest BCUT2D eigenvalue weighted by molar-refractivity contribution is -0.116. The summed E-state index contributed by atoms with van der Waals surface area (Å²) < 4.78 is 1.91. The van der Waals surface area contributed by atoms with Crippen molar-refractivity contribution < 1.29 is 4.79 Å². The number of rotatable bonds is 5. The number of hydrogen-bond acceptors (Lipinski definition) is 5. The van der Waals surface area contributed by atoms with E-state index in [0.717, 1.165) is 29.9 Å². The van der Waals surface area contributed by atoms with Crippen LogP contribution in [0.25, 0.3) is 0 Å². The van der Waals surface area contributed by atoms with E-state index in [1.165, 1.54) is 22.9 Å². The van der Waals surface area contributed by atoms with Crippen LogP contribution in [0.5, 0.6) is 0 Å². The van der Waals surface area contributed by atoms with Gasteiger partial charge in [-0.15, -0.1) is 10.2 Å². The zero-order chi connectivity index (χ0) is 20.4. The van der Waals surface area contributed by atoms with Crippen LogP contribution in [0.2, 0.25) is 0 Å². The number of thioether (sulfide) groups is 1. The van der Waals surface area contributed by atoms with Gasteiger partial charge in [0.2, 0.25) is 11.1 Å². The first-order valence-electron chi connectivity index (χ1n) is 9.93. The van der Waals surface area contributed by atoms with Gasteiger partial charge in [-0.05, 0) is 36.6 Å². The van der Waals surface area contributed by atoms with Crippen LogP contribution in [-0.2, 0) is 17.6 Å². The average Bonchev–Trinajstić information content (AvgIpc) is 3.16. The summed E-state index contributed by atoms with van der Waals surface area (Å²) in [6, 6.07) is 16.1. The summed E-state index contributed by atoms with van der Waals surface area (Å²) in [6.45, 7) is 6.22. The Kier molecular flexibility index (Phi) is 5.58. The number of anilines is 1. The molecule has 6 nitrogen and oxygen atoms in total. The molecule has 1 aliphatic rings. The van der Waals surface area contributed by atoms with Gasteiger partial charge in [-0.1, -0.05) is 67.6 Å². The highest BCUT2D eigenvalue weighted by Gasteiger charge is 2.37. The van der Waals surface area contributed by atoms with Crippen LogP contribution in [-0.4, -0.2) is 26.0 Å². The number of nitrogens with one attached hydrogen (secondary N) is 2. The van der Waals surface area contributed by atoms with Crippen molar-refractivity contribution in [3.63, 3.8) is 0 Å². The van der Waals surface area contributed by atoms with Gasteiger partial charge >= 0.3 is 0 Å². The molecule has 2 aromatic carbocycles. The molecule has 7 heteroatoms. The maximum atomic E-state index is 13.2. The van der Waals surface area contributed by atoms with Gasteiger partial charge in [0.25, 0.3) is 0 Å². The molecule has 29 heavy (non-hydrogen) atoms. The minimum absolute atomic E-state index is 0.0513. The predicted molar refractivity (Wildman–Crippen MR) is 117 cm³/mol. The third-order valence-electron chi connectivity index (χ3n) is 5.14. The van der Waals surface area contributed by atoms with E-state index in [1.54, 1.807) is 0 Å². The van der Waals surface area contributed by atoms with Gasteiger partial charge in [-0.3, -0.25) is 4.79 Å². The molecule has 0 spiro atoms. The molecule has 0 bridgehead atoms. The lowest BCUT2D eigenvalue weighted by atomic mass is 10.0. The molecular formula is C22H25N5OS. The van der Waals surface area contributed by atoms with E-state index in [0.29, 0.717) is 5.16 Å². The van der Waals surface area contributed by atoms with E-state index in [2.05, 4.69) is 59.1 Å². The molecule has 2 N–H and O–H groups in total. The third kappa shape index (κ3) is 4.00. The zero-order valence-corrected chi connectivity index (χ0v) is 17.7. The maximum Gasteiger partial charge on any atom is 0.240 e. The third-order valence-corrected chi connectivity index (χ3v) is 6.36. The standard InChI is InChI=1S/C22H25N5OS/c1-4-15-8-12-17(13-9-15)23-21(28)20-19(16-10-6-14(3)7-11-16)26-27-18(5-2)24-25-22(27)29-20/h6-13,19-20,26H,4-5H2,1-3H3,(H,23,28)/t19-,20-/m0/s1. The normalized spacial score (nSPS) is 18.0. The average molecular weight is 408 g/mol. The minimum atomic E-state index is -0.370. The Labute approximate surface area is 175 Å². The smallest absolute Gasteiger partial charge is 0.240 e. The first kappa shape index (κ1) is 19.5. The first-order chi connectivity index (χ1) is 14.1. The van der Waals surface area contributed by atoms with E-state index in [9.17, 15) is 4.79 Å². The predicted octanol–water partition coefficient (Wildman–Crippen LogP) is 4.11. The summed E-state index contributed by atoms with van der Waals surface area (Å²) in [5, 5.41) is 11.9. The lowest BCUT2D eigenvalue weighted by Gasteiger charge is -2.33. The summed E-state index contributed by atoms with van der Waals surface area (Å²) >= 11 is 1.45. The topological polar surface area (TPSA) is 71.8 Å². The fourth-order valence-electron chi connectivity index (χ4n) is 3.39. The Hall–Kier alpha value is -2.80. The van der Waals surface area contributed by atoms with Gasteiger partial charge in [0, 0.05) is 12.1 Å². The monoisotopic (exact) mass is 407 g/mol. The summed E-state index contributed by atoms with van der Waals surface area (Å²) in [4.78, 5) is 13.2. The molecule has 2 heterocycles. The number of aryl methyl sites for hydroxylation is 3. The fraction of sp³-hybridized carbons (Fsp3) is 0.318. The molecule has 3 aromatic rings. The number of nitrogens with zero attached hydrogens (tertiary/aromatic N) is 3. The molecule has 0 radical (unpaired) electrons. The van der Waals surface area contributed by atoms with E-state index < -0.39 is 0 Å². The number of fused-ring (bicyclic) bond motifs is 1. The van der Waals surface area contributed by atoms with Crippen molar-refractivity contribution >= 4 is 23.4 Å². The van der Waals surface area contributed by atoms with Crippen LogP contribution in [0.1, 0.15) is 42.4 Å². The zero-order valence-electron chi connectivity index (χ0n) is 16.8. The van der Waals surface area contributed by atoms with E-state index in [4.69, 9.17) is 0 Å². The molecule has 0 aliphatic carbocycles. The minimum Gasteiger partial charge on any atom is -0.325 e. The van der Waals surface area contributed by atoms with Gasteiger partial charge < -0.3 is 10.7 Å². The number of benzene rings is 2. The van der Waals surface area contributed by atoms with E-state index in [1.807, 2.05) is 35.9 Å². The SMILES string of the molecule is CCc1ccc(NC(=O)[C@H]2Sc3nnc(CC)n3N[C@H]2c2ccc(C)cc2)cc1. The van der Waals surface area contributed by atoms with Crippen LogP contribution in [0.3, 0.4) is 0 Å². The van der Waals surface area contributed by atoms with Crippen LogP contribution in [0.15, 0.2) is 53.7 Å². The molecule has 0 saturated carbocycles. The second kappa shape index (κ2) is 8.29. The van der Waals surface area contributed by atoms with Crippen LogP contribution in [0.4, 0.5) is 5.69 Å². The molecular weight excluding hydrogens is 382 g/mol. The summed E-state index contributed by atoms with van der Waals surface area (Å²) in [5.74, 6) is 0.809. The Morgan fingerprint density at radius 1 is 1.07 bits per heavy atom. The summed E-state index contributed by atoms with van der Waals surface area (Å²) in [6.07, 6.45) is 1.74. The van der Waals surface area contributed by atoms with Crippen molar-refractivity contribution in [1.29, 1.82) is 0 Å².